The van der Waals surface area contributed by atoms with Crippen LogP contribution >= 0.6 is 23.1 Å². The van der Waals surface area contributed by atoms with Crippen molar-refractivity contribution in [2.24, 2.45) is 0 Å². The van der Waals surface area contributed by atoms with E-state index in [4.69, 9.17) is 0 Å². The van der Waals surface area contributed by atoms with Gasteiger partial charge < -0.3 is 5.32 Å². The Morgan fingerprint density at radius 2 is 2.08 bits per heavy atom. The molecule has 2 aromatic heterocycles. The molecule has 0 aliphatic rings. The molecule has 0 fully saturated rings. The molecule has 3 aromatic rings. The first-order chi connectivity index (χ1) is 11.7. The largest absolute Gasteiger partial charge is 0.353 e. The number of nitrogens with one attached hydrogen (secondary N) is 1. The van der Waals surface area contributed by atoms with E-state index in [2.05, 4.69) is 27.4 Å². The van der Waals surface area contributed by atoms with Gasteiger partial charge in [-0.15, -0.1) is 11.3 Å². The van der Waals surface area contributed by atoms with Crippen molar-refractivity contribution >= 4 is 39.2 Å². The van der Waals surface area contributed by atoms with E-state index in [1.807, 2.05) is 36.6 Å². The standard InChI is InChI=1S/C18H19N3OS2/c1-13(7-8-14-5-3-2-4-6-14)21-16(22)11-24-18-15-9-10-23-17(15)19-12-20-18/h2-6,9-10,12-13H,7-8,11H2,1H3,(H,21,22). The summed E-state index contributed by atoms with van der Waals surface area (Å²) in [6.07, 6.45) is 3.46. The van der Waals surface area contributed by atoms with Gasteiger partial charge in [-0.3, -0.25) is 4.79 Å². The zero-order chi connectivity index (χ0) is 16.8. The molecule has 0 spiro atoms. The van der Waals surface area contributed by atoms with Crippen LogP contribution < -0.4 is 5.32 Å². The molecular weight excluding hydrogens is 338 g/mol. The Bertz CT molecular complexity index is 804. The predicted molar refractivity (Wildman–Crippen MR) is 101 cm³/mol. The van der Waals surface area contributed by atoms with E-state index in [0.717, 1.165) is 28.1 Å². The molecule has 0 aliphatic carbocycles. The number of amides is 1. The second-order valence-corrected chi connectivity index (χ2v) is 7.46. The third-order valence-corrected chi connectivity index (χ3v) is 5.51. The maximum absolute atomic E-state index is 12.1. The van der Waals surface area contributed by atoms with E-state index in [1.54, 1.807) is 17.7 Å². The molecule has 4 nitrogen and oxygen atoms in total. The normalized spacial score (nSPS) is 12.2. The molecule has 1 aromatic carbocycles. The third kappa shape index (κ3) is 4.55. The van der Waals surface area contributed by atoms with Gasteiger partial charge in [0.2, 0.25) is 5.91 Å². The summed E-state index contributed by atoms with van der Waals surface area (Å²) in [5.41, 5.74) is 1.30. The van der Waals surface area contributed by atoms with Crippen LogP contribution in [0.3, 0.4) is 0 Å². The summed E-state index contributed by atoms with van der Waals surface area (Å²) >= 11 is 3.05. The maximum atomic E-state index is 12.1. The van der Waals surface area contributed by atoms with E-state index in [1.165, 1.54) is 17.3 Å². The number of carbonyl (C=O) groups excluding carboxylic acids is 1. The van der Waals surface area contributed by atoms with Gasteiger partial charge in [-0.2, -0.15) is 0 Å². The van der Waals surface area contributed by atoms with Gasteiger partial charge in [0.15, 0.2) is 0 Å². The Hall–Kier alpha value is -1.92. The zero-order valence-corrected chi connectivity index (χ0v) is 15.1. The first-order valence-electron chi connectivity index (χ1n) is 7.86. The molecule has 24 heavy (non-hydrogen) atoms. The number of aryl methyl sites for hydroxylation is 1. The summed E-state index contributed by atoms with van der Waals surface area (Å²) in [6, 6.07) is 12.5. The van der Waals surface area contributed by atoms with Crippen LogP contribution in [0.15, 0.2) is 53.1 Å². The summed E-state index contributed by atoms with van der Waals surface area (Å²) in [5.74, 6) is 0.417. The highest BCUT2D eigenvalue weighted by molar-refractivity contribution is 8.00. The van der Waals surface area contributed by atoms with Crippen LogP contribution in [0, 0.1) is 0 Å². The van der Waals surface area contributed by atoms with E-state index in [9.17, 15) is 4.79 Å². The molecule has 124 valence electrons. The number of aromatic nitrogens is 2. The number of thiophene rings is 1. The Labute approximate surface area is 149 Å². The minimum absolute atomic E-state index is 0.0440. The zero-order valence-electron chi connectivity index (χ0n) is 13.4. The first-order valence-corrected chi connectivity index (χ1v) is 9.73. The Kier molecular flexibility index (Phi) is 5.82. The molecule has 1 atom stereocenters. The molecule has 0 saturated heterocycles. The Morgan fingerprint density at radius 1 is 1.25 bits per heavy atom. The lowest BCUT2D eigenvalue weighted by molar-refractivity contribution is -0.119. The number of hydrogen-bond acceptors (Lipinski definition) is 5. The minimum Gasteiger partial charge on any atom is -0.353 e. The number of thioether (sulfide) groups is 1. The summed E-state index contributed by atoms with van der Waals surface area (Å²) in [7, 11) is 0. The number of carbonyl (C=O) groups is 1. The van der Waals surface area contributed by atoms with Gasteiger partial charge >= 0.3 is 0 Å². The van der Waals surface area contributed by atoms with Gasteiger partial charge in [0.25, 0.3) is 0 Å². The molecule has 0 aliphatic heterocycles. The molecule has 1 amide bonds. The number of hydrogen-bond donors (Lipinski definition) is 1. The number of fused-ring (bicyclic) bond motifs is 1. The van der Waals surface area contributed by atoms with E-state index in [-0.39, 0.29) is 11.9 Å². The quantitative estimate of drug-likeness (QED) is 0.514. The average molecular weight is 358 g/mol. The molecule has 6 heteroatoms. The van der Waals surface area contributed by atoms with E-state index < -0.39 is 0 Å². The lowest BCUT2D eigenvalue weighted by Crippen LogP contribution is -2.34. The lowest BCUT2D eigenvalue weighted by Gasteiger charge is -2.13. The summed E-state index contributed by atoms with van der Waals surface area (Å²) < 4.78 is 0. The maximum Gasteiger partial charge on any atom is 0.230 e. The predicted octanol–water partition coefficient (Wildman–Crippen LogP) is 3.92. The van der Waals surface area contributed by atoms with Crippen LogP contribution in [0.25, 0.3) is 10.2 Å². The number of rotatable bonds is 7. The van der Waals surface area contributed by atoms with Crippen molar-refractivity contribution in [3.8, 4) is 0 Å². The molecule has 1 unspecified atom stereocenters. The topological polar surface area (TPSA) is 54.9 Å². The summed E-state index contributed by atoms with van der Waals surface area (Å²) in [5, 5.41) is 6.95. The molecule has 3 rings (SSSR count). The van der Waals surface area contributed by atoms with Crippen molar-refractivity contribution < 1.29 is 4.79 Å². The Morgan fingerprint density at radius 3 is 2.92 bits per heavy atom. The molecule has 1 N–H and O–H groups in total. The van der Waals surface area contributed by atoms with E-state index in [0.29, 0.717) is 5.75 Å². The summed E-state index contributed by atoms with van der Waals surface area (Å²) in [6.45, 7) is 2.05. The van der Waals surface area contributed by atoms with E-state index >= 15 is 0 Å². The van der Waals surface area contributed by atoms with Gasteiger partial charge in [0, 0.05) is 11.4 Å². The molecule has 0 radical (unpaired) electrons. The monoisotopic (exact) mass is 357 g/mol. The molecular formula is C18H19N3OS2. The van der Waals surface area contributed by atoms with Crippen LogP contribution in [-0.2, 0) is 11.2 Å². The highest BCUT2D eigenvalue weighted by Crippen LogP contribution is 2.27. The molecule has 2 heterocycles. The van der Waals surface area contributed by atoms with Gasteiger partial charge in [-0.25, -0.2) is 9.97 Å². The van der Waals surface area contributed by atoms with Crippen molar-refractivity contribution in [1.29, 1.82) is 0 Å². The van der Waals surface area contributed by atoms with Crippen molar-refractivity contribution in [2.45, 2.75) is 30.8 Å². The van der Waals surface area contributed by atoms with Crippen molar-refractivity contribution in [2.75, 3.05) is 5.75 Å². The molecule has 0 saturated carbocycles. The highest BCUT2D eigenvalue weighted by atomic mass is 32.2. The smallest absolute Gasteiger partial charge is 0.230 e. The van der Waals surface area contributed by atoms with Gasteiger partial charge in [0.05, 0.1) is 5.75 Å². The highest BCUT2D eigenvalue weighted by Gasteiger charge is 2.11. The van der Waals surface area contributed by atoms with Crippen LogP contribution in [0.4, 0.5) is 0 Å². The number of nitrogens with zero attached hydrogens (tertiary/aromatic N) is 2. The fourth-order valence-electron chi connectivity index (χ4n) is 2.43. The van der Waals surface area contributed by atoms with Gasteiger partial charge in [-0.1, -0.05) is 42.1 Å². The van der Waals surface area contributed by atoms with Gasteiger partial charge in [0.1, 0.15) is 16.2 Å². The molecule has 0 bridgehead atoms. The third-order valence-electron chi connectivity index (χ3n) is 3.68. The van der Waals surface area contributed by atoms with Crippen molar-refractivity contribution in [3.05, 3.63) is 53.7 Å². The Balaban J connectivity index is 1.46. The second-order valence-electron chi connectivity index (χ2n) is 5.60. The van der Waals surface area contributed by atoms with Crippen LogP contribution in [0.1, 0.15) is 18.9 Å². The van der Waals surface area contributed by atoms with Crippen LogP contribution in [-0.4, -0.2) is 27.7 Å². The second kappa shape index (κ2) is 8.26. The number of benzene rings is 1. The first kappa shape index (κ1) is 16.9. The van der Waals surface area contributed by atoms with Crippen LogP contribution in [0.2, 0.25) is 0 Å². The lowest BCUT2D eigenvalue weighted by atomic mass is 10.1. The SMILES string of the molecule is CC(CCc1ccccc1)NC(=O)CSc1ncnc2sccc12. The fraction of sp³-hybridized carbons (Fsp3) is 0.278. The van der Waals surface area contributed by atoms with Crippen LogP contribution in [0.5, 0.6) is 0 Å². The average Bonchev–Trinajstić information content (AvgIpc) is 3.08. The minimum atomic E-state index is 0.0440. The van der Waals surface area contributed by atoms with Crippen molar-refractivity contribution in [1.82, 2.24) is 15.3 Å². The van der Waals surface area contributed by atoms with Crippen molar-refractivity contribution in [3.63, 3.8) is 0 Å². The van der Waals surface area contributed by atoms with Gasteiger partial charge in [-0.05, 0) is 36.8 Å². The summed E-state index contributed by atoms with van der Waals surface area (Å²) in [4.78, 5) is 21.6. The fourth-order valence-corrected chi connectivity index (χ4v) is 4.02.